The van der Waals surface area contributed by atoms with Crippen LogP contribution in [0.25, 0.3) is 0 Å². The lowest BCUT2D eigenvalue weighted by Crippen LogP contribution is -2.27. The number of benzene rings is 2. The molecular weight excluding hydrogens is 394 g/mol. The third-order valence-electron chi connectivity index (χ3n) is 5.32. The SMILES string of the molecule is COc1cccc(Oc2ncccc2CNC(=O)c2ccc3c(c2)C(C)(C)C(=O)N3)c1. The van der Waals surface area contributed by atoms with Gasteiger partial charge in [0, 0.05) is 35.6 Å². The molecule has 0 saturated heterocycles. The highest BCUT2D eigenvalue weighted by atomic mass is 16.5. The lowest BCUT2D eigenvalue weighted by atomic mass is 9.85. The first-order chi connectivity index (χ1) is 14.9. The number of ether oxygens (including phenoxy) is 2. The number of nitrogens with zero attached hydrogens (tertiary/aromatic N) is 1. The van der Waals surface area contributed by atoms with Crippen LogP contribution >= 0.6 is 0 Å². The Bertz CT molecular complexity index is 1160. The van der Waals surface area contributed by atoms with Crippen LogP contribution in [0.2, 0.25) is 0 Å². The average Bonchev–Trinajstić information content (AvgIpc) is 3.01. The van der Waals surface area contributed by atoms with Gasteiger partial charge in [-0.25, -0.2) is 4.98 Å². The Morgan fingerprint density at radius 1 is 1.10 bits per heavy atom. The van der Waals surface area contributed by atoms with Crippen LogP contribution in [0.3, 0.4) is 0 Å². The lowest BCUT2D eigenvalue weighted by molar-refractivity contribution is -0.119. The Morgan fingerprint density at radius 3 is 2.71 bits per heavy atom. The fourth-order valence-corrected chi connectivity index (χ4v) is 3.42. The van der Waals surface area contributed by atoms with Gasteiger partial charge in [0.25, 0.3) is 5.91 Å². The van der Waals surface area contributed by atoms with Gasteiger partial charge in [-0.1, -0.05) is 12.1 Å². The van der Waals surface area contributed by atoms with Gasteiger partial charge in [0.1, 0.15) is 11.5 Å². The summed E-state index contributed by atoms with van der Waals surface area (Å²) in [7, 11) is 1.59. The number of hydrogen-bond acceptors (Lipinski definition) is 5. The van der Waals surface area contributed by atoms with Crippen LogP contribution in [-0.4, -0.2) is 23.9 Å². The van der Waals surface area contributed by atoms with Crippen molar-refractivity contribution in [3.05, 3.63) is 77.5 Å². The van der Waals surface area contributed by atoms with Gasteiger partial charge in [-0.2, -0.15) is 0 Å². The molecular formula is C24H23N3O4. The number of rotatable bonds is 6. The van der Waals surface area contributed by atoms with E-state index in [1.807, 2.05) is 32.0 Å². The number of pyridine rings is 1. The monoisotopic (exact) mass is 417 g/mol. The van der Waals surface area contributed by atoms with Gasteiger partial charge in [-0.15, -0.1) is 0 Å². The van der Waals surface area contributed by atoms with Crippen LogP contribution in [-0.2, 0) is 16.8 Å². The minimum Gasteiger partial charge on any atom is -0.497 e. The largest absolute Gasteiger partial charge is 0.497 e. The summed E-state index contributed by atoms with van der Waals surface area (Å²) in [5.41, 5.74) is 2.10. The van der Waals surface area contributed by atoms with Gasteiger partial charge in [-0.05, 0) is 55.8 Å². The molecule has 0 aliphatic carbocycles. The van der Waals surface area contributed by atoms with Crippen LogP contribution < -0.4 is 20.1 Å². The number of fused-ring (bicyclic) bond motifs is 1. The summed E-state index contributed by atoms with van der Waals surface area (Å²) in [4.78, 5) is 29.2. The number of aromatic nitrogens is 1. The molecule has 7 nitrogen and oxygen atoms in total. The molecule has 2 amide bonds. The van der Waals surface area contributed by atoms with Crippen molar-refractivity contribution in [3.63, 3.8) is 0 Å². The second-order valence-corrected chi connectivity index (χ2v) is 7.77. The van der Waals surface area contributed by atoms with E-state index in [4.69, 9.17) is 9.47 Å². The highest BCUT2D eigenvalue weighted by Gasteiger charge is 2.38. The second kappa shape index (κ2) is 8.10. The lowest BCUT2D eigenvalue weighted by Gasteiger charge is -2.16. The average molecular weight is 417 g/mol. The van der Waals surface area contributed by atoms with Gasteiger partial charge >= 0.3 is 0 Å². The molecule has 2 aromatic carbocycles. The van der Waals surface area contributed by atoms with Crippen LogP contribution in [0.4, 0.5) is 5.69 Å². The fourth-order valence-electron chi connectivity index (χ4n) is 3.42. The molecule has 2 heterocycles. The van der Waals surface area contributed by atoms with Crippen LogP contribution in [0, 0.1) is 0 Å². The molecule has 31 heavy (non-hydrogen) atoms. The zero-order chi connectivity index (χ0) is 22.0. The van der Waals surface area contributed by atoms with Crippen molar-refractivity contribution in [1.82, 2.24) is 10.3 Å². The quantitative estimate of drug-likeness (QED) is 0.632. The predicted octanol–water partition coefficient (Wildman–Crippen LogP) is 4.04. The van der Waals surface area contributed by atoms with E-state index < -0.39 is 5.41 Å². The predicted molar refractivity (Wildman–Crippen MR) is 117 cm³/mol. The zero-order valence-electron chi connectivity index (χ0n) is 17.6. The molecule has 158 valence electrons. The normalized spacial score (nSPS) is 13.8. The van der Waals surface area contributed by atoms with Crippen molar-refractivity contribution in [3.8, 4) is 17.4 Å². The number of hydrogen-bond donors (Lipinski definition) is 2. The maximum absolute atomic E-state index is 12.8. The van der Waals surface area contributed by atoms with E-state index in [9.17, 15) is 9.59 Å². The molecule has 0 radical (unpaired) electrons. The number of anilines is 1. The van der Waals surface area contributed by atoms with Gasteiger partial charge in [0.05, 0.1) is 12.5 Å². The summed E-state index contributed by atoms with van der Waals surface area (Å²) >= 11 is 0. The maximum Gasteiger partial charge on any atom is 0.251 e. The fraction of sp³-hybridized carbons (Fsp3) is 0.208. The third kappa shape index (κ3) is 4.07. The Morgan fingerprint density at radius 2 is 1.90 bits per heavy atom. The summed E-state index contributed by atoms with van der Waals surface area (Å²) < 4.78 is 11.1. The topological polar surface area (TPSA) is 89.6 Å². The summed E-state index contributed by atoms with van der Waals surface area (Å²) in [6, 6.07) is 16.1. The molecule has 4 rings (SSSR count). The number of carbonyl (C=O) groups excluding carboxylic acids is 2. The molecule has 0 spiro atoms. The minimum atomic E-state index is -0.674. The first kappa shape index (κ1) is 20.4. The molecule has 0 saturated carbocycles. The highest BCUT2D eigenvalue weighted by molar-refractivity contribution is 6.07. The standard InChI is InChI=1S/C24H23N3O4/c1-24(2)19-12-15(9-10-20(19)27-23(24)29)21(28)26-14-16-6-5-11-25-22(16)31-18-8-4-7-17(13-18)30-3/h4-13H,14H2,1-3H3,(H,26,28)(H,27,29). The number of carbonyl (C=O) groups is 2. The Hall–Kier alpha value is -3.87. The summed E-state index contributed by atoms with van der Waals surface area (Å²) in [5.74, 6) is 1.35. The summed E-state index contributed by atoms with van der Waals surface area (Å²) in [6.07, 6.45) is 1.63. The molecule has 2 N–H and O–H groups in total. The maximum atomic E-state index is 12.8. The number of nitrogens with one attached hydrogen (secondary N) is 2. The van der Waals surface area contributed by atoms with E-state index in [1.165, 1.54) is 0 Å². The third-order valence-corrected chi connectivity index (χ3v) is 5.32. The molecule has 7 heteroatoms. The summed E-state index contributed by atoms with van der Waals surface area (Å²) in [5, 5.41) is 5.75. The van der Waals surface area contributed by atoms with E-state index in [0.29, 0.717) is 22.9 Å². The Labute approximate surface area is 180 Å². The molecule has 1 aliphatic heterocycles. The minimum absolute atomic E-state index is 0.0743. The molecule has 0 fully saturated rings. The van der Waals surface area contributed by atoms with Crippen molar-refractivity contribution in [2.24, 2.45) is 0 Å². The molecule has 1 aromatic heterocycles. The Kier molecular flexibility index (Phi) is 5.33. The van der Waals surface area contributed by atoms with Crippen molar-refractivity contribution >= 4 is 17.5 Å². The second-order valence-electron chi connectivity index (χ2n) is 7.77. The molecule has 1 aliphatic rings. The van der Waals surface area contributed by atoms with Crippen LogP contribution in [0.1, 0.15) is 35.3 Å². The summed E-state index contributed by atoms with van der Waals surface area (Å²) in [6.45, 7) is 3.92. The number of methoxy groups -OCH3 is 1. The smallest absolute Gasteiger partial charge is 0.251 e. The van der Waals surface area contributed by atoms with Gasteiger partial charge in [0.2, 0.25) is 11.8 Å². The molecule has 0 atom stereocenters. The first-order valence-corrected chi connectivity index (χ1v) is 9.88. The molecule has 0 bridgehead atoms. The van der Waals surface area contributed by atoms with Gasteiger partial charge in [0.15, 0.2) is 0 Å². The van der Waals surface area contributed by atoms with Gasteiger partial charge < -0.3 is 20.1 Å². The molecule has 0 unspecified atom stereocenters. The van der Waals surface area contributed by atoms with E-state index in [1.54, 1.807) is 49.7 Å². The van der Waals surface area contributed by atoms with Crippen molar-refractivity contribution in [1.29, 1.82) is 0 Å². The zero-order valence-corrected chi connectivity index (χ0v) is 17.6. The Balaban J connectivity index is 1.49. The number of amides is 2. The van der Waals surface area contributed by atoms with E-state index in [0.717, 1.165) is 16.8 Å². The van der Waals surface area contributed by atoms with Crippen molar-refractivity contribution in [2.45, 2.75) is 25.8 Å². The van der Waals surface area contributed by atoms with Crippen molar-refractivity contribution in [2.75, 3.05) is 12.4 Å². The molecule has 3 aromatic rings. The van der Waals surface area contributed by atoms with Crippen LogP contribution in [0.15, 0.2) is 60.8 Å². The van der Waals surface area contributed by atoms with E-state index in [-0.39, 0.29) is 18.4 Å². The van der Waals surface area contributed by atoms with E-state index >= 15 is 0 Å². The highest BCUT2D eigenvalue weighted by Crippen LogP contribution is 2.37. The van der Waals surface area contributed by atoms with Crippen molar-refractivity contribution < 1.29 is 19.1 Å². The van der Waals surface area contributed by atoms with E-state index in [2.05, 4.69) is 15.6 Å². The van der Waals surface area contributed by atoms with Crippen LogP contribution in [0.5, 0.6) is 17.4 Å². The van der Waals surface area contributed by atoms with Gasteiger partial charge in [-0.3, -0.25) is 9.59 Å². The first-order valence-electron chi connectivity index (χ1n) is 9.88.